The van der Waals surface area contributed by atoms with Crippen LogP contribution in [0.2, 0.25) is 0 Å². The standard InChI is InChI=1S/C28H37N7O4S2/c1-4-39-26-17-29-15-23(33-26)25-16-32-28(40-25)27(36)31-14-21(24-7-5-6-12-35(24)18(2)3)22-13-19(10-11-30-22)34-41(37,38)20-8-9-20/h10-11,13,15-18,20-21,24H,4-9,12,14H2,1-3H3,(H,30,34)(H,31,36)/t21-,24-/m1/s1. The molecule has 220 valence electrons. The Morgan fingerprint density at radius 1 is 1.17 bits per heavy atom. The van der Waals surface area contributed by atoms with E-state index >= 15 is 0 Å². The molecule has 2 fully saturated rings. The number of pyridine rings is 1. The van der Waals surface area contributed by atoms with Crippen molar-refractivity contribution in [3.8, 4) is 16.5 Å². The fourth-order valence-electron chi connectivity index (χ4n) is 5.29. The molecule has 11 nitrogen and oxygen atoms in total. The molecule has 0 unspecified atom stereocenters. The van der Waals surface area contributed by atoms with Gasteiger partial charge in [-0.3, -0.25) is 24.4 Å². The van der Waals surface area contributed by atoms with Crippen LogP contribution in [0.15, 0.2) is 36.9 Å². The minimum absolute atomic E-state index is 0.139. The molecule has 1 amide bonds. The molecule has 2 N–H and O–H groups in total. The van der Waals surface area contributed by atoms with Crippen LogP contribution in [-0.4, -0.2) is 76.2 Å². The fourth-order valence-corrected chi connectivity index (χ4v) is 7.46. The van der Waals surface area contributed by atoms with Gasteiger partial charge in [-0.15, -0.1) is 11.3 Å². The molecule has 1 saturated carbocycles. The summed E-state index contributed by atoms with van der Waals surface area (Å²) in [5.41, 5.74) is 1.85. The highest BCUT2D eigenvalue weighted by atomic mass is 32.2. The van der Waals surface area contributed by atoms with Gasteiger partial charge in [0.2, 0.25) is 15.9 Å². The lowest BCUT2D eigenvalue weighted by Crippen LogP contribution is -2.49. The number of sulfonamides is 1. The minimum atomic E-state index is -3.40. The lowest BCUT2D eigenvalue weighted by molar-refractivity contribution is 0.0842. The molecule has 1 aliphatic heterocycles. The molecule has 0 radical (unpaired) electrons. The molecule has 0 bridgehead atoms. The molecule has 1 saturated heterocycles. The van der Waals surface area contributed by atoms with Gasteiger partial charge in [-0.25, -0.2) is 18.4 Å². The van der Waals surface area contributed by atoms with Crippen molar-refractivity contribution in [3.05, 3.63) is 47.6 Å². The summed E-state index contributed by atoms with van der Waals surface area (Å²) in [4.78, 5) is 34.1. The number of carbonyl (C=O) groups excluding carboxylic acids is 1. The summed E-state index contributed by atoms with van der Waals surface area (Å²) in [6.45, 7) is 8.04. The largest absolute Gasteiger partial charge is 0.477 e. The average Bonchev–Trinajstić information content (AvgIpc) is 3.71. The molecule has 5 rings (SSSR count). The van der Waals surface area contributed by atoms with Gasteiger partial charge >= 0.3 is 0 Å². The maximum Gasteiger partial charge on any atom is 0.280 e. The number of aromatic nitrogens is 4. The van der Waals surface area contributed by atoms with E-state index in [2.05, 4.69) is 48.7 Å². The van der Waals surface area contributed by atoms with Crippen molar-refractivity contribution in [2.24, 2.45) is 0 Å². The van der Waals surface area contributed by atoms with Gasteiger partial charge in [0.15, 0.2) is 5.01 Å². The highest BCUT2D eigenvalue weighted by Crippen LogP contribution is 2.34. The van der Waals surface area contributed by atoms with Gasteiger partial charge < -0.3 is 10.1 Å². The number of amides is 1. The van der Waals surface area contributed by atoms with Crippen LogP contribution in [0.1, 0.15) is 74.3 Å². The van der Waals surface area contributed by atoms with E-state index in [1.54, 1.807) is 30.9 Å². The number of rotatable bonds is 12. The Kier molecular flexibility index (Phi) is 9.15. The van der Waals surface area contributed by atoms with E-state index in [0.717, 1.165) is 36.4 Å². The zero-order chi connectivity index (χ0) is 29.0. The molecule has 0 spiro atoms. The molecule has 2 atom stereocenters. The molecular formula is C28H37N7O4S2. The van der Waals surface area contributed by atoms with E-state index in [1.807, 2.05) is 13.0 Å². The first-order valence-corrected chi connectivity index (χ1v) is 16.5. The minimum Gasteiger partial charge on any atom is -0.477 e. The van der Waals surface area contributed by atoms with E-state index < -0.39 is 10.0 Å². The second-order valence-electron chi connectivity index (χ2n) is 10.7. The number of nitrogens with zero attached hydrogens (tertiary/aromatic N) is 5. The number of thiazole rings is 1. The number of nitrogens with one attached hydrogen (secondary N) is 2. The summed E-state index contributed by atoms with van der Waals surface area (Å²) in [5, 5.41) is 3.09. The van der Waals surface area contributed by atoms with Crippen molar-refractivity contribution >= 4 is 33.0 Å². The lowest BCUT2D eigenvalue weighted by Gasteiger charge is -2.42. The second-order valence-corrected chi connectivity index (χ2v) is 13.7. The van der Waals surface area contributed by atoms with Crippen molar-refractivity contribution in [3.63, 3.8) is 0 Å². The van der Waals surface area contributed by atoms with Crippen molar-refractivity contribution in [2.45, 2.75) is 76.1 Å². The van der Waals surface area contributed by atoms with Gasteiger partial charge in [-0.1, -0.05) is 6.42 Å². The quantitative estimate of drug-likeness (QED) is 0.315. The Morgan fingerprint density at radius 3 is 2.76 bits per heavy atom. The molecule has 1 aliphatic carbocycles. The second kappa shape index (κ2) is 12.8. The monoisotopic (exact) mass is 599 g/mol. The Labute approximate surface area is 245 Å². The average molecular weight is 600 g/mol. The molecule has 2 aliphatic rings. The number of piperidine rings is 1. The van der Waals surface area contributed by atoms with Gasteiger partial charge in [0.1, 0.15) is 5.69 Å². The number of hydrogen-bond acceptors (Lipinski definition) is 10. The molecule has 3 aromatic rings. The fraction of sp³-hybridized carbons (Fsp3) is 0.536. The summed E-state index contributed by atoms with van der Waals surface area (Å²) >= 11 is 1.24. The zero-order valence-corrected chi connectivity index (χ0v) is 25.2. The maximum absolute atomic E-state index is 13.3. The van der Waals surface area contributed by atoms with Gasteiger partial charge in [-0.2, -0.15) is 0 Å². The predicted molar refractivity (Wildman–Crippen MR) is 159 cm³/mol. The molecular weight excluding hydrogens is 562 g/mol. The van der Waals surface area contributed by atoms with Gasteiger partial charge in [0.25, 0.3) is 5.91 Å². The van der Waals surface area contributed by atoms with E-state index in [0.29, 0.717) is 54.3 Å². The van der Waals surface area contributed by atoms with Crippen LogP contribution < -0.4 is 14.8 Å². The number of hydrogen-bond donors (Lipinski definition) is 2. The summed E-state index contributed by atoms with van der Waals surface area (Å²) < 4.78 is 33.4. The number of anilines is 1. The molecule has 41 heavy (non-hydrogen) atoms. The SMILES string of the molecule is CCOc1cncc(-c2cnc(C(=O)NC[C@H](c3cc(NS(=O)(=O)C4CC4)ccn3)[C@H]3CCCCN3C(C)C)s2)n1. The Morgan fingerprint density at radius 2 is 2.00 bits per heavy atom. The van der Waals surface area contributed by atoms with Crippen molar-refractivity contribution in [1.82, 2.24) is 30.2 Å². The Bertz CT molecular complexity index is 1460. The van der Waals surface area contributed by atoms with E-state index in [1.165, 1.54) is 11.3 Å². The maximum atomic E-state index is 13.3. The van der Waals surface area contributed by atoms with Crippen LogP contribution in [0.4, 0.5) is 5.69 Å². The first kappa shape index (κ1) is 29.3. The summed E-state index contributed by atoms with van der Waals surface area (Å²) in [7, 11) is -3.40. The molecule has 13 heteroatoms. The van der Waals surface area contributed by atoms with Gasteiger partial charge in [-0.05, 0) is 65.1 Å². The normalized spacial score (nSPS) is 18.7. The van der Waals surface area contributed by atoms with Crippen LogP contribution in [0, 0.1) is 0 Å². The Hall–Kier alpha value is -3.16. The van der Waals surface area contributed by atoms with Gasteiger partial charge in [0, 0.05) is 42.6 Å². The number of carbonyl (C=O) groups is 1. The highest BCUT2D eigenvalue weighted by Gasteiger charge is 2.37. The summed E-state index contributed by atoms with van der Waals surface area (Å²) in [5.74, 6) is 0.00135. The van der Waals surface area contributed by atoms with E-state index in [-0.39, 0.29) is 23.1 Å². The van der Waals surface area contributed by atoms with E-state index in [9.17, 15) is 13.2 Å². The smallest absolute Gasteiger partial charge is 0.280 e. The molecule has 4 heterocycles. The lowest BCUT2D eigenvalue weighted by atomic mass is 9.86. The first-order chi connectivity index (χ1) is 19.7. The van der Waals surface area contributed by atoms with Crippen molar-refractivity contribution in [1.29, 1.82) is 0 Å². The molecule has 3 aromatic heterocycles. The third-order valence-corrected chi connectivity index (χ3v) is 10.3. The van der Waals surface area contributed by atoms with Crippen molar-refractivity contribution < 1.29 is 17.9 Å². The summed E-state index contributed by atoms with van der Waals surface area (Å²) in [6, 6.07) is 3.97. The number of likely N-dealkylation sites (tertiary alicyclic amines) is 1. The Balaban J connectivity index is 1.35. The topological polar surface area (TPSA) is 139 Å². The predicted octanol–water partition coefficient (Wildman–Crippen LogP) is 4.07. The first-order valence-electron chi connectivity index (χ1n) is 14.2. The van der Waals surface area contributed by atoms with Crippen LogP contribution in [0.25, 0.3) is 10.6 Å². The molecule has 0 aromatic carbocycles. The number of ether oxygens (including phenoxy) is 1. The van der Waals surface area contributed by atoms with Crippen molar-refractivity contribution in [2.75, 3.05) is 24.4 Å². The third-order valence-electron chi connectivity index (χ3n) is 7.44. The highest BCUT2D eigenvalue weighted by molar-refractivity contribution is 7.93. The zero-order valence-electron chi connectivity index (χ0n) is 23.6. The van der Waals surface area contributed by atoms with Crippen LogP contribution >= 0.6 is 11.3 Å². The third kappa shape index (κ3) is 7.19. The summed E-state index contributed by atoms with van der Waals surface area (Å²) in [6.07, 6.45) is 11.0. The van der Waals surface area contributed by atoms with Crippen LogP contribution in [0.3, 0.4) is 0 Å². The van der Waals surface area contributed by atoms with Gasteiger partial charge in [0.05, 0.1) is 34.8 Å². The van der Waals surface area contributed by atoms with Crippen LogP contribution in [0.5, 0.6) is 5.88 Å². The van der Waals surface area contributed by atoms with Crippen LogP contribution in [-0.2, 0) is 10.0 Å². The van der Waals surface area contributed by atoms with E-state index in [4.69, 9.17) is 4.74 Å².